The highest BCUT2D eigenvalue weighted by Gasteiger charge is 2.39. The molecule has 0 aliphatic heterocycles. The SMILES string of the molecule is CCCC(C#N)(CCC)C(=O)N(C)CC(O)COC. The van der Waals surface area contributed by atoms with Gasteiger partial charge >= 0.3 is 0 Å². The Morgan fingerprint density at radius 1 is 1.42 bits per heavy atom. The smallest absolute Gasteiger partial charge is 0.242 e. The highest BCUT2D eigenvalue weighted by atomic mass is 16.5. The van der Waals surface area contributed by atoms with Crippen molar-refractivity contribution in [3.63, 3.8) is 0 Å². The van der Waals surface area contributed by atoms with Gasteiger partial charge in [0.1, 0.15) is 5.41 Å². The van der Waals surface area contributed by atoms with Crippen molar-refractivity contribution in [3.8, 4) is 6.07 Å². The number of nitrogens with zero attached hydrogens (tertiary/aromatic N) is 2. The number of aliphatic hydroxyl groups is 1. The van der Waals surface area contributed by atoms with Gasteiger partial charge < -0.3 is 14.7 Å². The first-order valence-electron chi connectivity index (χ1n) is 6.81. The van der Waals surface area contributed by atoms with Crippen LogP contribution in [0.15, 0.2) is 0 Å². The van der Waals surface area contributed by atoms with Crippen LogP contribution in [0.2, 0.25) is 0 Å². The molecule has 0 saturated carbocycles. The van der Waals surface area contributed by atoms with E-state index < -0.39 is 11.5 Å². The first-order valence-corrected chi connectivity index (χ1v) is 6.81. The van der Waals surface area contributed by atoms with Crippen LogP contribution in [-0.4, -0.2) is 49.3 Å². The molecule has 0 saturated heterocycles. The van der Waals surface area contributed by atoms with E-state index in [9.17, 15) is 15.2 Å². The fourth-order valence-electron chi connectivity index (χ4n) is 2.36. The molecule has 1 unspecified atom stereocenters. The molecule has 0 spiro atoms. The molecule has 5 heteroatoms. The van der Waals surface area contributed by atoms with Gasteiger partial charge in [0.05, 0.1) is 18.8 Å². The van der Waals surface area contributed by atoms with E-state index >= 15 is 0 Å². The molecule has 0 radical (unpaired) electrons. The van der Waals surface area contributed by atoms with E-state index in [2.05, 4.69) is 6.07 Å². The van der Waals surface area contributed by atoms with E-state index in [-0.39, 0.29) is 19.1 Å². The summed E-state index contributed by atoms with van der Waals surface area (Å²) in [6.45, 7) is 4.30. The van der Waals surface area contributed by atoms with Crippen molar-refractivity contribution in [3.05, 3.63) is 0 Å². The summed E-state index contributed by atoms with van der Waals surface area (Å²) in [5.41, 5.74) is -0.953. The molecule has 0 aliphatic carbocycles. The molecular weight excluding hydrogens is 244 g/mol. The van der Waals surface area contributed by atoms with Gasteiger partial charge in [-0.25, -0.2) is 0 Å². The number of hydrogen-bond donors (Lipinski definition) is 1. The lowest BCUT2D eigenvalue weighted by Gasteiger charge is -2.31. The largest absolute Gasteiger partial charge is 0.389 e. The Morgan fingerprint density at radius 3 is 2.32 bits per heavy atom. The molecule has 19 heavy (non-hydrogen) atoms. The highest BCUT2D eigenvalue weighted by Crippen LogP contribution is 2.31. The van der Waals surface area contributed by atoms with Crippen molar-refractivity contribution in [1.29, 1.82) is 5.26 Å². The summed E-state index contributed by atoms with van der Waals surface area (Å²) in [6, 6.07) is 2.20. The summed E-state index contributed by atoms with van der Waals surface area (Å²) in [4.78, 5) is 13.9. The molecule has 5 nitrogen and oxygen atoms in total. The molecule has 0 rings (SSSR count). The van der Waals surface area contributed by atoms with E-state index in [4.69, 9.17) is 4.74 Å². The Kier molecular flexibility index (Phi) is 8.37. The number of carbonyl (C=O) groups excluding carboxylic acids is 1. The molecule has 0 bridgehead atoms. The van der Waals surface area contributed by atoms with Gasteiger partial charge in [-0.15, -0.1) is 0 Å². The van der Waals surface area contributed by atoms with Crippen LogP contribution in [0.3, 0.4) is 0 Å². The van der Waals surface area contributed by atoms with Crippen molar-refractivity contribution in [2.24, 2.45) is 5.41 Å². The van der Waals surface area contributed by atoms with Gasteiger partial charge in [-0.05, 0) is 12.8 Å². The Morgan fingerprint density at radius 2 is 1.95 bits per heavy atom. The first kappa shape index (κ1) is 17.9. The second-order valence-corrected chi connectivity index (χ2v) is 4.99. The quantitative estimate of drug-likeness (QED) is 0.690. The number of amides is 1. The maximum Gasteiger partial charge on any atom is 0.242 e. The van der Waals surface area contributed by atoms with Crippen LogP contribution in [0.5, 0.6) is 0 Å². The second kappa shape index (κ2) is 8.89. The Balaban J connectivity index is 4.84. The summed E-state index contributed by atoms with van der Waals surface area (Å²) in [7, 11) is 3.12. The molecule has 0 aromatic heterocycles. The predicted molar refractivity (Wildman–Crippen MR) is 73.4 cm³/mol. The predicted octanol–water partition coefficient (Wildman–Crippen LogP) is 1.56. The molecule has 0 heterocycles. The Bertz CT molecular complexity index is 306. The Labute approximate surface area is 116 Å². The van der Waals surface area contributed by atoms with E-state index in [0.717, 1.165) is 12.8 Å². The fraction of sp³-hybridized carbons (Fsp3) is 0.857. The zero-order chi connectivity index (χ0) is 14.9. The number of aliphatic hydroxyl groups excluding tert-OH is 1. The van der Waals surface area contributed by atoms with Gasteiger partial charge in [0.25, 0.3) is 0 Å². The van der Waals surface area contributed by atoms with Gasteiger partial charge in [0.15, 0.2) is 0 Å². The first-order chi connectivity index (χ1) is 8.97. The van der Waals surface area contributed by atoms with Crippen LogP contribution in [0, 0.1) is 16.7 Å². The maximum atomic E-state index is 12.5. The van der Waals surface area contributed by atoms with Gasteiger partial charge in [-0.2, -0.15) is 5.26 Å². The number of rotatable bonds is 9. The van der Waals surface area contributed by atoms with E-state index in [1.807, 2.05) is 13.8 Å². The molecule has 1 N–H and O–H groups in total. The van der Waals surface area contributed by atoms with Crippen LogP contribution < -0.4 is 0 Å². The number of hydrogen-bond acceptors (Lipinski definition) is 4. The topological polar surface area (TPSA) is 73.6 Å². The molecule has 0 fully saturated rings. The number of likely N-dealkylation sites (N-methyl/N-ethyl adjacent to an activating group) is 1. The van der Waals surface area contributed by atoms with E-state index in [0.29, 0.717) is 12.8 Å². The number of nitriles is 1. The minimum Gasteiger partial charge on any atom is -0.389 e. The minimum atomic E-state index is -0.953. The van der Waals surface area contributed by atoms with Crippen molar-refractivity contribution >= 4 is 5.91 Å². The molecule has 0 aromatic rings. The van der Waals surface area contributed by atoms with Crippen molar-refractivity contribution < 1.29 is 14.6 Å². The second-order valence-electron chi connectivity index (χ2n) is 4.99. The van der Waals surface area contributed by atoms with Gasteiger partial charge in [0, 0.05) is 20.7 Å². The zero-order valence-electron chi connectivity index (χ0n) is 12.5. The average Bonchev–Trinajstić information content (AvgIpc) is 2.37. The fourth-order valence-corrected chi connectivity index (χ4v) is 2.36. The van der Waals surface area contributed by atoms with Crippen LogP contribution in [0.25, 0.3) is 0 Å². The molecule has 0 aromatic carbocycles. The number of ether oxygens (including phenoxy) is 1. The molecule has 110 valence electrons. The lowest BCUT2D eigenvalue weighted by atomic mass is 9.79. The number of methoxy groups -OCH3 is 1. The molecule has 1 atom stereocenters. The zero-order valence-corrected chi connectivity index (χ0v) is 12.5. The van der Waals surface area contributed by atoms with Crippen LogP contribution in [0.1, 0.15) is 39.5 Å². The van der Waals surface area contributed by atoms with Gasteiger partial charge in [0.2, 0.25) is 5.91 Å². The van der Waals surface area contributed by atoms with Crippen LogP contribution in [-0.2, 0) is 9.53 Å². The minimum absolute atomic E-state index is 0.179. The molecular formula is C14H26N2O3. The Hall–Kier alpha value is -1.12. The van der Waals surface area contributed by atoms with E-state index in [1.54, 1.807) is 7.05 Å². The summed E-state index contributed by atoms with van der Waals surface area (Å²) in [6.07, 6.45) is 1.96. The third-order valence-electron chi connectivity index (χ3n) is 3.17. The van der Waals surface area contributed by atoms with Crippen molar-refractivity contribution in [2.75, 3.05) is 27.3 Å². The summed E-state index contributed by atoms with van der Waals surface area (Å²) >= 11 is 0. The summed E-state index contributed by atoms with van der Waals surface area (Å²) in [5.74, 6) is -0.200. The molecule has 1 amide bonds. The van der Waals surface area contributed by atoms with E-state index in [1.165, 1.54) is 12.0 Å². The standard InChI is InChI=1S/C14H26N2O3/c1-5-7-14(11-15,8-6-2)13(18)16(3)9-12(17)10-19-4/h12,17H,5-10H2,1-4H3. The summed E-state index contributed by atoms with van der Waals surface area (Å²) < 4.78 is 4.84. The molecule has 0 aliphatic rings. The van der Waals surface area contributed by atoms with Crippen molar-refractivity contribution in [2.45, 2.75) is 45.6 Å². The average molecular weight is 270 g/mol. The maximum absolute atomic E-state index is 12.5. The lowest BCUT2D eigenvalue weighted by molar-refractivity contribution is -0.140. The third-order valence-corrected chi connectivity index (χ3v) is 3.17. The van der Waals surface area contributed by atoms with Gasteiger partial charge in [-0.3, -0.25) is 4.79 Å². The normalized spacial score (nSPS) is 12.8. The van der Waals surface area contributed by atoms with Gasteiger partial charge in [-0.1, -0.05) is 26.7 Å². The number of carbonyl (C=O) groups is 1. The summed E-state index contributed by atoms with van der Waals surface area (Å²) in [5, 5.41) is 19.1. The lowest BCUT2D eigenvalue weighted by Crippen LogP contribution is -2.45. The van der Waals surface area contributed by atoms with Crippen LogP contribution in [0.4, 0.5) is 0 Å². The third kappa shape index (κ3) is 5.17. The highest BCUT2D eigenvalue weighted by molar-refractivity contribution is 5.85. The van der Waals surface area contributed by atoms with Crippen molar-refractivity contribution in [1.82, 2.24) is 4.90 Å². The van der Waals surface area contributed by atoms with Crippen LogP contribution >= 0.6 is 0 Å². The monoisotopic (exact) mass is 270 g/mol.